The van der Waals surface area contributed by atoms with Gasteiger partial charge in [-0.25, -0.2) is 4.98 Å². The van der Waals surface area contributed by atoms with Crippen LogP contribution in [0.3, 0.4) is 0 Å². The Morgan fingerprint density at radius 3 is 2.76 bits per heavy atom. The highest BCUT2D eigenvalue weighted by atomic mass is 35.5. The molecule has 4 nitrogen and oxygen atoms in total. The monoisotopic (exact) mass is 305 g/mol. The van der Waals surface area contributed by atoms with Crippen LogP contribution < -0.4 is 10.1 Å². The summed E-state index contributed by atoms with van der Waals surface area (Å²) in [5, 5.41) is 3.95. The summed E-state index contributed by atoms with van der Waals surface area (Å²) >= 11 is 5.90. The second-order valence-corrected chi connectivity index (χ2v) is 5.86. The topological polar surface area (TPSA) is 47.0 Å². The summed E-state index contributed by atoms with van der Waals surface area (Å²) in [4.78, 5) is 8.38. The number of nitrogens with one attached hydrogen (secondary N) is 1. The number of hydrogen-bond acceptors (Lipinski definition) is 4. The Bertz CT molecular complexity index is 602. The van der Waals surface area contributed by atoms with Gasteiger partial charge in [-0.2, -0.15) is 0 Å². The zero-order valence-electron chi connectivity index (χ0n) is 12.6. The van der Waals surface area contributed by atoms with Crippen LogP contribution in [-0.4, -0.2) is 16.5 Å². The van der Waals surface area contributed by atoms with Crippen molar-refractivity contribution in [2.75, 3.05) is 6.54 Å². The van der Waals surface area contributed by atoms with E-state index in [4.69, 9.17) is 16.3 Å². The van der Waals surface area contributed by atoms with Crippen molar-refractivity contribution in [1.29, 1.82) is 0 Å². The predicted molar refractivity (Wildman–Crippen MR) is 84.8 cm³/mol. The third-order valence-electron chi connectivity index (χ3n) is 2.77. The van der Waals surface area contributed by atoms with E-state index in [1.165, 1.54) is 0 Å². The van der Waals surface area contributed by atoms with Crippen LogP contribution in [0, 0.1) is 12.8 Å². The maximum absolute atomic E-state index is 5.90. The number of ether oxygens (including phenoxy) is 1. The van der Waals surface area contributed by atoms with E-state index in [9.17, 15) is 0 Å². The van der Waals surface area contributed by atoms with Crippen molar-refractivity contribution in [3.05, 3.63) is 46.9 Å². The molecule has 2 rings (SSSR count). The van der Waals surface area contributed by atoms with Gasteiger partial charge in [0.05, 0.1) is 11.2 Å². The molecule has 0 fully saturated rings. The summed E-state index contributed by atoms with van der Waals surface area (Å²) in [6.45, 7) is 8.10. The van der Waals surface area contributed by atoms with Crippen LogP contribution in [0.2, 0.25) is 5.02 Å². The summed E-state index contributed by atoms with van der Waals surface area (Å²) in [5.41, 5.74) is 2.07. The smallest absolute Gasteiger partial charge is 0.219 e. The van der Waals surface area contributed by atoms with Crippen LogP contribution in [0.5, 0.6) is 11.6 Å². The Hall–Kier alpha value is -1.65. The maximum Gasteiger partial charge on any atom is 0.219 e. The molecule has 2 aromatic heterocycles. The molecule has 5 heteroatoms. The van der Waals surface area contributed by atoms with Gasteiger partial charge in [0.15, 0.2) is 0 Å². The molecule has 1 N–H and O–H groups in total. The van der Waals surface area contributed by atoms with E-state index in [1.54, 1.807) is 18.5 Å². The molecule has 2 heterocycles. The SMILES string of the molecule is Cc1cc(CNCC(C)C)cc(Oc2cncc(Cl)c2)n1. The van der Waals surface area contributed by atoms with Gasteiger partial charge < -0.3 is 10.1 Å². The van der Waals surface area contributed by atoms with Gasteiger partial charge in [-0.15, -0.1) is 0 Å². The minimum absolute atomic E-state index is 0.541. The third-order valence-corrected chi connectivity index (χ3v) is 2.98. The first-order valence-electron chi connectivity index (χ1n) is 6.99. The molecule has 0 aliphatic carbocycles. The molecule has 112 valence electrons. The van der Waals surface area contributed by atoms with Gasteiger partial charge in [-0.05, 0) is 31.0 Å². The van der Waals surface area contributed by atoms with E-state index in [0.717, 1.165) is 24.3 Å². The second kappa shape index (κ2) is 7.38. The standard InChI is InChI=1S/C16H20ClN3O/c1-11(2)7-18-8-13-4-12(3)20-16(5-13)21-15-6-14(17)9-19-10-15/h4-6,9-11,18H,7-8H2,1-3H3. The largest absolute Gasteiger partial charge is 0.437 e. The molecule has 0 aromatic carbocycles. The van der Waals surface area contributed by atoms with Gasteiger partial charge in [0.1, 0.15) is 5.75 Å². The Labute approximate surface area is 130 Å². The molecule has 0 amide bonds. The summed E-state index contributed by atoms with van der Waals surface area (Å²) < 4.78 is 5.72. The van der Waals surface area contributed by atoms with E-state index in [2.05, 4.69) is 35.2 Å². The Morgan fingerprint density at radius 1 is 1.24 bits per heavy atom. The van der Waals surface area contributed by atoms with Gasteiger partial charge in [0, 0.05) is 30.6 Å². The van der Waals surface area contributed by atoms with Crippen LogP contribution in [0.25, 0.3) is 0 Å². The fraction of sp³-hybridized carbons (Fsp3) is 0.375. The predicted octanol–water partition coefficient (Wildman–Crippen LogP) is 3.98. The molecule has 0 radical (unpaired) electrons. The molecule has 0 unspecified atom stereocenters. The normalized spacial score (nSPS) is 10.9. The highest BCUT2D eigenvalue weighted by Crippen LogP contribution is 2.22. The number of halogens is 1. The Balaban J connectivity index is 2.07. The number of nitrogens with zero attached hydrogens (tertiary/aromatic N) is 2. The third kappa shape index (κ3) is 5.33. The minimum Gasteiger partial charge on any atom is -0.437 e. The quantitative estimate of drug-likeness (QED) is 0.877. The number of hydrogen-bond donors (Lipinski definition) is 1. The number of aryl methyl sites for hydroxylation is 1. The average molecular weight is 306 g/mol. The molecule has 0 spiro atoms. The summed E-state index contributed by atoms with van der Waals surface area (Å²) in [6, 6.07) is 5.70. The number of pyridine rings is 2. The fourth-order valence-corrected chi connectivity index (χ4v) is 2.10. The van der Waals surface area contributed by atoms with Crippen LogP contribution in [0.15, 0.2) is 30.6 Å². The number of aromatic nitrogens is 2. The highest BCUT2D eigenvalue weighted by molar-refractivity contribution is 6.30. The van der Waals surface area contributed by atoms with E-state index in [-0.39, 0.29) is 0 Å². The van der Waals surface area contributed by atoms with Gasteiger partial charge >= 0.3 is 0 Å². The Kier molecular flexibility index (Phi) is 5.53. The van der Waals surface area contributed by atoms with Crippen LogP contribution in [0.4, 0.5) is 0 Å². The summed E-state index contributed by atoms with van der Waals surface area (Å²) in [7, 11) is 0. The average Bonchev–Trinajstić information content (AvgIpc) is 2.37. The lowest BCUT2D eigenvalue weighted by atomic mass is 10.2. The van der Waals surface area contributed by atoms with E-state index < -0.39 is 0 Å². The molecule has 0 saturated heterocycles. The van der Waals surface area contributed by atoms with E-state index >= 15 is 0 Å². The van der Waals surface area contributed by atoms with Crippen LogP contribution in [-0.2, 0) is 6.54 Å². The molecule has 0 aliphatic heterocycles. The molecule has 2 aromatic rings. The lowest BCUT2D eigenvalue weighted by molar-refractivity contribution is 0.458. The van der Waals surface area contributed by atoms with Gasteiger partial charge in [0.2, 0.25) is 5.88 Å². The van der Waals surface area contributed by atoms with Crippen molar-refractivity contribution >= 4 is 11.6 Å². The summed E-state index contributed by atoms with van der Waals surface area (Å²) in [6.07, 6.45) is 3.19. The molecular formula is C16H20ClN3O. The van der Waals surface area contributed by atoms with E-state index in [1.807, 2.05) is 13.0 Å². The minimum atomic E-state index is 0.541. The van der Waals surface area contributed by atoms with Crippen LogP contribution in [0.1, 0.15) is 25.1 Å². The first-order valence-corrected chi connectivity index (χ1v) is 7.37. The molecule has 0 aliphatic rings. The fourth-order valence-electron chi connectivity index (χ4n) is 1.94. The zero-order chi connectivity index (χ0) is 15.2. The lowest BCUT2D eigenvalue weighted by Crippen LogP contribution is -2.19. The second-order valence-electron chi connectivity index (χ2n) is 5.42. The lowest BCUT2D eigenvalue weighted by Gasteiger charge is -2.10. The van der Waals surface area contributed by atoms with Crippen molar-refractivity contribution in [2.45, 2.75) is 27.3 Å². The van der Waals surface area contributed by atoms with Gasteiger partial charge in [-0.1, -0.05) is 25.4 Å². The van der Waals surface area contributed by atoms with Crippen LogP contribution >= 0.6 is 11.6 Å². The van der Waals surface area contributed by atoms with Crippen molar-refractivity contribution < 1.29 is 4.74 Å². The van der Waals surface area contributed by atoms with Gasteiger partial charge in [0.25, 0.3) is 0 Å². The Morgan fingerprint density at radius 2 is 2.05 bits per heavy atom. The highest BCUT2D eigenvalue weighted by Gasteiger charge is 2.04. The maximum atomic E-state index is 5.90. The van der Waals surface area contributed by atoms with Gasteiger partial charge in [-0.3, -0.25) is 4.98 Å². The van der Waals surface area contributed by atoms with Crippen molar-refractivity contribution in [3.63, 3.8) is 0 Å². The first kappa shape index (κ1) is 15.7. The first-order chi connectivity index (χ1) is 10.0. The zero-order valence-corrected chi connectivity index (χ0v) is 13.3. The van der Waals surface area contributed by atoms with Crippen molar-refractivity contribution in [1.82, 2.24) is 15.3 Å². The van der Waals surface area contributed by atoms with Crippen molar-refractivity contribution in [3.8, 4) is 11.6 Å². The molecular weight excluding hydrogens is 286 g/mol. The molecule has 0 atom stereocenters. The summed E-state index contributed by atoms with van der Waals surface area (Å²) in [5.74, 6) is 1.77. The van der Waals surface area contributed by atoms with E-state index in [0.29, 0.717) is 22.6 Å². The number of rotatable bonds is 6. The molecule has 0 bridgehead atoms. The molecule has 21 heavy (non-hydrogen) atoms. The van der Waals surface area contributed by atoms with Crippen molar-refractivity contribution in [2.24, 2.45) is 5.92 Å². The molecule has 0 saturated carbocycles.